The Labute approximate surface area is 139 Å². The number of carbonyl (C=O) groups is 1. The van der Waals surface area contributed by atoms with Crippen LogP contribution in [-0.4, -0.2) is 71.7 Å². The lowest BCUT2D eigenvalue weighted by Crippen LogP contribution is -2.45. The lowest BCUT2D eigenvalue weighted by molar-refractivity contribution is -0.385. The molecule has 1 aromatic carbocycles. The standard InChI is InChI=1S/C15H21N5O4/c1-18-6-8-19(9-7-18)5-4-15(22)17-16-11-12-2-3-14(21)13(10-12)20(23)24/h2-3,10-11,21H,4-9H2,1H3,(H,17,22)/b16-11+. The Hall–Kier alpha value is -2.52. The van der Waals surface area contributed by atoms with E-state index in [1.54, 1.807) is 0 Å². The molecule has 0 unspecified atom stereocenters. The number of nitro groups is 1. The molecule has 0 aliphatic carbocycles. The monoisotopic (exact) mass is 335 g/mol. The maximum atomic E-state index is 11.8. The summed E-state index contributed by atoms with van der Waals surface area (Å²) < 4.78 is 0. The van der Waals surface area contributed by atoms with Crippen molar-refractivity contribution in [3.63, 3.8) is 0 Å². The minimum atomic E-state index is -0.679. The van der Waals surface area contributed by atoms with Crippen LogP contribution in [0.4, 0.5) is 5.69 Å². The molecule has 0 saturated carbocycles. The third kappa shape index (κ3) is 5.28. The van der Waals surface area contributed by atoms with E-state index in [9.17, 15) is 20.0 Å². The topological polar surface area (TPSA) is 111 Å². The van der Waals surface area contributed by atoms with E-state index in [0.29, 0.717) is 18.5 Å². The summed E-state index contributed by atoms with van der Waals surface area (Å²) >= 11 is 0. The van der Waals surface area contributed by atoms with Crippen LogP contribution in [-0.2, 0) is 4.79 Å². The molecule has 24 heavy (non-hydrogen) atoms. The number of nitrogens with one attached hydrogen (secondary N) is 1. The third-order valence-corrected chi connectivity index (χ3v) is 3.85. The number of amides is 1. The maximum absolute atomic E-state index is 11.8. The number of phenols is 1. The molecule has 1 heterocycles. The summed E-state index contributed by atoms with van der Waals surface area (Å²) in [5.74, 6) is -0.619. The Morgan fingerprint density at radius 1 is 1.42 bits per heavy atom. The molecule has 0 spiro atoms. The number of piperazine rings is 1. The number of phenolic OH excluding ortho intramolecular Hbond substituents is 1. The quantitative estimate of drug-likeness (QED) is 0.442. The van der Waals surface area contributed by atoms with Crippen molar-refractivity contribution >= 4 is 17.8 Å². The highest BCUT2D eigenvalue weighted by molar-refractivity contribution is 5.83. The zero-order valence-corrected chi connectivity index (χ0v) is 13.5. The van der Waals surface area contributed by atoms with E-state index in [1.807, 2.05) is 0 Å². The average molecular weight is 335 g/mol. The van der Waals surface area contributed by atoms with Gasteiger partial charge in [0, 0.05) is 50.8 Å². The normalized spacial score (nSPS) is 16.4. The second-order valence-corrected chi connectivity index (χ2v) is 5.69. The Morgan fingerprint density at radius 2 is 2.12 bits per heavy atom. The van der Waals surface area contributed by atoms with Crippen LogP contribution in [0.15, 0.2) is 23.3 Å². The van der Waals surface area contributed by atoms with Crippen LogP contribution in [0.25, 0.3) is 0 Å². The van der Waals surface area contributed by atoms with Gasteiger partial charge in [0.1, 0.15) is 0 Å². The van der Waals surface area contributed by atoms with Crippen molar-refractivity contribution in [1.29, 1.82) is 0 Å². The SMILES string of the molecule is CN1CCN(CCC(=O)N/N=C/c2ccc(O)c([N+](=O)[O-])c2)CC1. The molecule has 0 radical (unpaired) electrons. The van der Waals surface area contributed by atoms with Crippen molar-refractivity contribution in [1.82, 2.24) is 15.2 Å². The van der Waals surface area contributed by atoms with Crippen LogP contribution in [0.1, 0.15) is 12.0 Å². The van der Waals surface area contributed by atoms with Crippen molar-refractivity contribution < 1.29 is 14.8 Å². The summed E-state index contributed by atoms with van der Waals surface area (Å²) in [6, 6.07) is 3.88. The predicted molar refractivity (Wildman–Crippen MR) is 89.1 cm³/mol. The minimum absolute atomic E-state index is 0.210. The number of hydrogen-bond donors (Lipinski definition) is 2. The average Bonchev–Trinajstić information content (AvgIpc) is 2.55. The van der Waals surface area contributed by atoms with Gasteiger partial charge in [0.25, 0.3) is 0 Å². The van der Waals surface area contributed by atoms with Gasteiger partial charge in [-0.1, -0.05) is 0 Å². The molecule has 1 aromatic rings. The highest BCUT2D eigenvalue weighted by Gasteiger charge is 2.15. The molecular weight excluding hydrogens is 314 g/mol. The van der Waals surface area contributed by atoms with Crippen LogP contribution < -0.4 is 5.43 Å². The molecule has 1 amide bonds. The lowest BCUT2D eigenvalue weighted by Gasteiger charge is -2.32. The molecule has 2 rings (SSSR count). The van der Waals surface area contributed by atoms with Crippen molar-refractivity contribution in [3.8, 4) is 5.75 Å². The second-order valence-electron chi connectivity index (χ2n) is 5.69. The van der Waals surface area contributed by atoms with Gasteiger partial charge in [-0.2, -0.15) is 5.10 Å². The van der Waals surface area contributed by atoms with Gasteiger partial charge in [-0.15, -0.1) is 0 Å². The molecule has 1 fully saturated rings. The first-order valence-corrected chi connectivity index (χ1v) is 7.66. The molecule has 1 aliphatic heterocycles. The first kappa shape index (κ1) is 17.8. The number of benzene rings is 1. The zero-order chi connectivity index (χ0) is 17.5. The van der Waals surface area contributed by atoms with Crippen molar-refractivity contribution in [3.05, 3.63) is 33.9 Å². The fourth-order valence-electron chi connectivity index (χ4n) is 2.33. The largest absolute Gasteiger partial charge is 0.502 e. The molecule has 0 bridgehead atoms. The number of nitro benzene ring substituents is 1. The summed E-state index contributed by atoms with van der Waals surface area (Å²) in [7, 11) is 2.08. The van der Waals surface area contributed by atoms with Crippen molar-refractivity contribution in [2.45, 2.75) is 6.42 Å². The van der Waals surface area contributed by atoms with E-state index in [1.165, 1.54) is 24.4 Å². The summed E-state index contributed by atoms with van der Waals surface area (Å²) in [5.41, 5.74) is 2.42. The Balaban J connectivity index is 1.78. The van der Waals surface area contributed by atoms with Crippen LogP contribution in [0.2, 0.25) is 0 Å². The van der Waals surface area contributed by atoms with E-state index in [0.717, 1.165) is 26.2 Å². The van der Waals surface area contributed by atoms with Gasteiger partial charge in [0.2, 0.25) is 5.91 Å². The van der Waals surface area contributed by atoms with E-state index >= 15 is 0 Å². The smallest absolute Gasteiger partial charge is 0.311 e. The Morgan fingerprint density at radius 3 is 2.79 bits per heavy atom. The number of hydrogen-bond acceptors (Lipinski definition) is 7. The van der Waals surface area contributed by atoms with E-state index in [-0.39, 0.29) is 5.91 Å². The van der Waals surface area contributed by atoms with Crippen molar-refractivity contribution in [2.75, 3.05) is 39.8 Å². The molecule has 1 saturated heterocycles. The van der Waals surface area contributed by atoms with Gasteiger partial charge in [0.15, 0.2) is 5.75 Å². The predicted octanol–water partition coefficient (Wildman–Crippen LogP) is 0.388. The first-order chi connectivity index (χ1) is 11.5. The summed E-state index contributed by atoms with van der Waals surface area (Å²) in [6.45, 7) is 4.58. The van der Waals surface area contributed by atoms with Crippen LogP contribution >= 0.6 is 0 Å². The van der Waals surface area contributed by atoms with E-state index in [4.69, 9.17) is 0 Å². The molecule has 2 N–H and O–H groups in total. The fraction of sp³-hybridized carbons (Fsp3) is 0.467. The van der Waals surface area contributed by atoms with Gasteiger partial charge < -0.3 is 14.9 Å². The highest BCUT2D eigenvalue weighted by atomic mass is 16.6. The van der Waals surface area contributed by atoms with Crippen molar-refractivity contribution in [2.24, 2.45) is 5.10 Å². The molecule has 0 atom stereocenters. The minimum Gasteiger partial charge on any atom is -0.502 e. The zero-order valence-electron chi connectivity index (χ0n) is 13.5. The number of carbonyl (C=O) groups excluding carboxylic acids is 1. The lowest BCUT2D eigenvalue weighted by atomic mass is 10.2. The molecule has 130 valence electrons. The van der Waals surface area contributed by atoms with E-state index in [2.05, 4.69) is 27.4 Å². The second kappa shape index (κ2) is 8.37. The molecular formula is C15H21N5O4. The van der Waals surface area contributed by atoms with Gasteiger partial charge in [0.05, 0.1) is 11.1 Å². The first-order valence-electron chi connectivity index (χ1n) is 7.66. The van der Waals surface area contributed by atoms with Crippen LogP contribution in [0, 0.1) is 10.1 Å². The number of rotatable bonds is 6. The Bertz CT molecular complexity index is 626. The van der Waals surface area contributed by atoms with Gasteiger partial charge in [-0.05, 0) is 19.2 Å². The van der Waals surface area contributed by atoms with Crippen LogP contribution in [0.5, 0.6) is 5.75 Å². The third-order valence-electron chi connectivity index (χ3n) is 3.85. The molecule has 9 heteroatoms. The summed E-state index contributed by atoms with van der Waals surface area (Å²) in [4.78, 5) is 26.3. The van der Waals surface area contributed by atoms with Gasteiger partial charge in [-0.25, -0.2) is 5.43 Å². The van der Waals surface area contributed by atoms with Gasteiger partial charge >= 0.3 is 5.69 Å². The maximum Gasteiger partial charge on any atom is 0.311 e. The number of likely N-dealkylation sites (N-methyl/N-ethyl adjacent to an activating group) is 1. The summed E-state index contributed by atoms with van der Waals surface area (Å²) in [6.07, 6.45) is 1.65. The molecule has 9 nitrogen and oxygen atoms in total. The summed E-state index contributed by atoms with van der Waals surface area (Å²) in [5, 5.41) is 23.9. The van der Waals surface area contributed by atoms with E-state index < -0.39 is 16.4 Å². The van der Waals surface area contributed by atoms with Gasteiger partial charge in [-0.3, -0.25) is 14.9 Å². The molecule has 1 aliphatic rings. The number of hydrazone groups is 1. The highest BCUT2D eigenvalue weighted by Crippen LogP contribution is 2.25. The molecule has 0 aromatic heterocycles. The number of aromatic hydroxyl groups is 1. The Kier molecular flexibility index (Phi) is 6.21. The fourth-order valence-corrected chi connectivity index (χ4v) is 2.33. The number of nitrogens with zero attached hydrogens (tertiary/aromatic N) is 4. The van der Waals surface area contributed by atoms with Crippen LogP contribution in [0.3, 0.4) is 0 Å².